The van der Waals surface area contributed by atoms with Gasteiger partial charge in [0.1, 0.15) is 11.5 Å². The Morgan fingerprint density at radius 2 is 2.15 bits per heavy atom. The number of furan rings is 1. The third-order valence-corrected chi connectivity index (χ3v) is 5.12. The standard InChI is InChI=1S/C20H24N4O2/c1-14-12-17(14)18-7-5-16(26-18)6-8-19(25)23-15-4-2-11-24(13-15)20-21-9-3-10-22-20/h3,5-10,14-15,17H,2,4,11-13H2,1H3,(H,23,25)/b8-6-/t14-,15+,17+/m1/s1. The summed E-state index contributed by atoms with van der Waals surface area (Å²) in [7, 11) is 0. The molecule has 1 aliphatic carbocycles. The lowest BCUT2D eigenvalue weighted by molar-refractivity contribution is -0.117. The number of hydrogen-bond donors (Lipinski definition) is 1. The van der Waals surface area contributed by atoms with Crippen molar-refractivity contribution < 1.29 is 9.21 Å². The van der Waals surface area contributed by atoms with Crippen molar-refractivity contribution in [3.05, 3.63) is 48.2 Å². The second-order valence-electron chi connectivity index (χ2n) is 7.24. The molecule has 0 unspecified atom stereocenters. The minimum Gasteiger partial charge on any atom is -0.461 e. The molecule has 136 valence electrons. The van der Waals surface area contributed by atoms with Crippen LogP contribution in [-0.2, 0) is 4.79 Å². The first kappa shape index (κ1) is 16.8. The number of anilines is 1. The first-order valence-corrected chi connectivity index (χ1v) is 9.29. The molecule has 1 aliphatic heterocycles. The highest BCUT2D eigenvalue weighted by Gasteiger charge is 2.36. The molecule has 3 heterocycles. The van der Waals surface area contributed by atoms with E-state index in [1.807, 2.05) is 12.1 Å². The Hall–Kier alpha value is -2.63. The number of piperidine rings is 1. The molecular formula is C20H24N4O2. The lowest BCUT2D eigenvalue weighted by Gasteiger charge is -2.32. The van der Waals surface area contributed by atoms with Gasteiger partial charge in [-0.3, -0.25) is 4.79 Å². The first-order chi connectivity index (χ1) is 12.7. The molecule has 1 saturated carbocycles. The summed E-state index contributed by atoms with van der Waals surface area (Å²) in [6.07, 6.45) is 9.95. The molecule has 3 atom stereocenters. The van der Waals surface area contributed by atoms with E-state index in [0.717, 1.165) is 43.4 Å². The SMILES string of the molecule is C[C@@H]1C[C@@H]1c1ccc(/C=C\C(=O)N[C@H]2CCCN(c3ncccn3)C2)o1. The molecule has 0 aromatic carbocycles. The van der Waals surface area contributed by atoms with Crippen molar-refractivity contribution in [2.24, 2.45) is 5.92 Å². The summed E-state index contributed by atoms with van der Waals surface area (Å²) in [5.41, 5.74) is 0. The third-order valence-electron chi connectivity index (χ3n) is 5.12. The highest BCUT2D eigenvalue weighted by atomic mass is 16.3. The van der Waals surface area contributed by atoms with Gasteiger partial charge in [0.15, 0.2) is 0 Å². The van der Waals surface area contributed by atoms with Crippen molar-refractivity contribution in [3.63, 3.8) is 0 Å². The smallest absolute Gasteiger partial charge is 0.244 e. The van der Waals surface area contributed by atoms with Gasteiger partial charge in [-0.15, -0.1) is 0 Å². The van der Waals surface area contributed by atoms with Gasteiger partial charge >= 0.3 is 0 Å². The first-order valence-electron chi connectivity index (χ1n) is 9.29. The van der Waals surface area contributed by atoms with Crippen LogP contribution in [0.2, 0.25) is 0 Å². The molecule has 26 heavy (non-hydrogen) atoms. The van der Waals surface area contributed by atoms with Crippen LogP contribution in [0.3, 0.4) is 0 Å². The molecular weight excluding hydrogens is 328 g/mol. The molecule has 2 aromatic heterocycles. The van der Waals surface area contributed by atoms with E-state index in [2.05, 4.69) is 27.1 Å². The fraction of sp³-hybridized carbons (Fsp3) is 0.450. The summed E-state index contributed by atoms with van der Waals surface area (Å²) in [5, 5.41) is 3.07. The number of nitrogens with zero attached hydrogens (tertiary/aromatic N) is 3. The Morgan fingerprint density at radius 1 is 1.35 bits per heavy atom. The Labute approximate surface area is 153 Å². The summed E-state index contributed by atoms with van der Waals surface area (Å²) in [6, 6.07) is 5.86. The van der Waals surface area contributed by atoms with Crippen molar-refractivity contribution in [1.82, 2.24) is 15.3 Å². The van der Waals surface area contributed by atoms with Gasteiger partial charge < -0.3 is 14.6 Å². The van der Waals surface area contributed by atoms with Gasteiger partial charge in [0.25, 0.3) is 0 Å². The van der Waals surface area contributed by atoms with Gasteiger partial charge in [0, 0.05) is 43.5 Å². The van der Waals surface area contributed by atoms with E-state index >= 15 is 0 Å². The molecule has 1 saturated heterocycles. The van der Waals surface area contributed by atoms with E-state index < -0.39 is 0 Å². The predicted molar refractivity (Wildman–Crippen MR) is 99.7 cm³/mol. The van der Waals surface area contributed by atoms with E-state index in [-0.39, 0.29) is 11.9 Å². The maximum atomic E-state index is 12.2. The van der Waals surface area contributed by atoms with Gasteiger partial charge in [-0.2, -0.15) is 0 Å². The van der Waals surface area contributed by atoms with E-state index in [9.17, 15) is 4.79 Å². The second-order valence-corrected chi connectivity index (χ2v) is 7.24. The van der Waals surface area contributed by atoms with E-state index in [1.165, 1.54) is 6.42 Å². The fourth-order valence-corrected chi connectivity index (χ4v) is 3.51. The molecule has 0 spiro atoms. The number of amides is 1. The Balaban J connectivity index is 1.30. The molecule has 2 aromatic rings. The minimum absolute atomic E-state index is 0.0939. The molecule has 0 bridgehead atoms. The summed E-state index contributed by atoms with van der Waals surface area (Å²) in [4.78, 5) is 23.0. The molecule has 2 fully saturated rings. The normalized spacial score (nSPS) is 25.4. The molecule has 1 N–H and O–H groups in total. The molecule has 2 aliphatic rings. The van der Waals surface area contributed by atoms with Gasteiger partial charge in [-0.05, 0) is 49.5 Å². The molecule has 4 rings (SSSR count). The van der Waals surface area contributed by atoms with Crippen LogP contribution in [0.4, 0.5) is 5.95 Å². The lowest BCUT2D eigenvalue weighted by Crippen LogP contribution is -2.47. The zero-order valence-electron chi connectivity index (χ0n) is 15.0. The molecule has 6 heteroatoms. The summed E-state index contributed by atoms with van der Waals surface area (Å²) >= 11 is 0. The van der Waals surface area contributed by atoms with Gasteiger partial charge in [0.05, 0.1) is 0 Å². The zero-order chi connectivity index (χ0) is 17.9. The maximum Gasteiger partial charge on any atom is 0.244 e. The highest BCUT2D eigenvalue weighted by Crippen LogP contribution is 2.47. The van der Waals surface area contributed by atoms with Crippen LogP contribution in [0.5, 0.6) is 0 Å². The number of aromatic nitrogens is 2. The predicted octanol–water partition coefficient (Wildman–Crippen LogP) is 2.99. The van der Waals surface area contributed by atoms with Crippen LogP contribution in [0, 0.1) is 5.92 Å². The summed E-state index contributed by atoms with van der Waals surface area (Å²) in [6.45, 7) is 3.87. The van der Waals surface area contributed by atoms with Gasteiger partial charge in [0.2, 0.25) is 11.9 Å². The fourth-order valence-electron chi connectivity index (χ4n) is 3.51. The van der Waals surface area contributed by atoms with E-state index in [1.54, 1.807) is 30.6 Å². The zero-order valence-corrected chi connectivity index (χ0v) is 15.0. The van der Waals surface area contributed by atoms with Crippen molar-refractivity contribution in [2.45, 2.75) is 38.1 Å². The maximum absolute atomic E-state index is 12.2. The lowest BCUT2D eigenvalue weighted by atomic mass is 10.1. The van der Waals surface area contributed by atoms with Crippen molar-refractivity contribution in [1.29, 1.82) is 0 Å². The van der Waals surface area contributed by atoms with E-state index in [0.29, 0.717) is 11.8 Å². The van der Waals surface area contributed by atoms with Crippen molar-refractivity contribution >= 4 is 17.9 Å². The Bertz CT molecular complexity index is 786. The largest absolute Gasteiger partial charge is 0.461 e. The number of nitrogens with one attached hydrogen (secondary N) is 1. The van der Waals surface area contributed by atoms with Crippen LogP contribution in [-0.4, -0.2) is 35.0 Å². The Morgan fingerprint density at radius 3 is 2.92 bits per heavy atom. The van der Waals surface area contributed by atoms with Crippen molar-refractivity contribution in [3.8, 4) is 0 Å². The average molecular weight is 352 g/mol. The molecule has 6 nitrogen and oxygen atoms in total. The Kier molecular flexibility index (Phi) is 4.73. The van der Waals surface area contributed by atoms with Crippen LogP contribution < -0.4 is 10.2 Å². The van der Waals surface area contributed by atoms with Gasteiger partial charge in [-0.25, -0.2) is 9.97 Å². The van der Waals surface area contributed by atoms with Crippen LogP contribution in [0.25, 0.3) is 6.08 Å². The number of hydrogen-bond acceptors (Lipinski definition) is 5. The third kappa shape index (κ3) is 3.95. The molecule has 1 amide bonds. The van der Waals surface area contributed by atoms with Gasteiger partial charge in [-0.1, -0.05) is 6.92 Å². The van der Waals surface area contributed by atoms with Crippen molar-refractivity contribution in [2.75, 3.05) is 18.0 Å². The van der Waals surface area contributed by atoms with E-state index in [4.69, 9.17) is 4.42 Å². The van der Waals surface area contributed by atoms with Crippen LogP contribution in [0.15, 0.2) is 41.1 Å². The van der Waals surface area contributed by atoms with Crippen LogP contribution in [0.1, 0.15) is 43.6 Å². The highest BCUT2D eigenvalue weighted by molar-refractivity contribution is 5.91. The number of rotatable bonds is 5. The quantitative estimate of drug-likeness (QED) is 0.838. The topological polar surface area (TPSA) is 71.3 Å². The van der Waals surface area contributed by atoms with Crippen LogP contribution >= 0.6 is 0 Å². The second kappa shape index (κ2) is 7.32. The molecule has 0 radical (unpaired) electrons. The summed E-state index contributed by atoms with van der Waals surface area (Å²) in [5.74, 6) is 3.66. The monoisotopic (exact) mass is 352 g/mol. The number of carbonyl (C=O) groups excluding carboxylic acids is 1. The summed E-state index contributed by atoms with van der Waals surface area (Å²) < 4.78 is 5.80. The average Bonchev–Trinajstić information content (AvgIpc) is 3.21. The number of carbonyl (C=O) groups is 1. The minimum atomic E-state index is -0.0939.